The number of nitrogens with zero attached hydrogens (tertiary/aromatic N) is 5. The monoisotopic (exact) mass is 651 g/mol. The van der Waals surface area contributed by atoms with E-state index < -0.39 is 0 Å². The Balaban J connectivity index is 1.18. The predicted octanol–water partition coefficient (Wildman–Crippen LogP) is 11.8. The summed E-state index contributed by atoms with van der Waals surface area (Å²) >= 11 is 0. The van der Waals surface area contributed by atoms with Crippen molar-refractivity contribution in [2.75, 3.05) is 0 Å². The van der Waals surface area contributed by atoms with Gasteiger partial charge in [0.05, 0.1) is 16.6 Å². The number of benzene rings is 5. The molecule has 8 aromatic rings. The summed E-state index contributed by atoms with van der Waals surface area (Å²) in [5, 5.41) is 6.31. The van der Waals surface area contributed by atoms with Crippen LogP contribution in [0.15, 0.2) is 115 Å². The van der Waals surface area contributed by atoms with Gasteiger partial charge < -0.3 is 9.13 Å². The second-order valence-corrected chi connectivity index (χ2v) is 14.5. The van der Waals surface area contributed by atoms with Gasteiger partial charge in [-0.2, -0.15) is 0 Å². The zero-order valence-electron chi connectivity index (χ0n) is 28.4. The van der Waals surface area contributed by atoms with Gasteiger partial charge in [0.2, 0.25) is 0 Å². The summed E-state index contributed by atoms with van der Waals surface area (Å²) in [7, 11) is 0. The second-order valence-electron chi connectivity index (χ2n) is 14.5. The maximum Gasteiger partial charge on any atom is 0.163 e. The van der Waals surface area contributed by atoms with Crippen molar-refractivity contribution in [2.24, 2.45) is 0 Å². The van der Waals surface area contributed by atoms with Gasteiger partial charge in [0.1, 0.15) is 11.6 Å². The van der Waals surface area contributed by atoms with E-state index in [0.717, 1.165) is 28.7 Å². The van der Waals surface area contributed by atoms with Crippen LogP contribution in [-0.4, -0.2) is 24.1 Å². The standard InChI is InChI=1S/C45H41N5/c1-4-13-32(14-5-1)43-46-44(33-15-6-2-7-16-33)48-45(47-43)34-17-12-20-36(29-34)50-38-22-11-10-21-37(38)41-39(50)26-25-30-23-24-31-27-28-49(42(31)40(30)41)35-18-8-3-9-19-35/h3,8-12,17-29,32-33H,1-2,4-7,13-16H2. The Labute approximate surface area is 292 Å². The van der Waals surface area contributed by atoms with Crippen LogP contribution in [0.5, 0.6) is 0 Å². The molecule has 3 aromatic heterocycles. The first-order chi connectivity index (χ1) is 24.8. The van der Waals surface area contributed by atoms with E-state index in [2.05, 4.69) is 125 Å². The molecule has 5 heteroatoms. The van der Waals surface area contributed by atoms with Crippen LogP contribution < -0.4 is 0 Å². The summed E-state index contributed by atoms with van der Waals surface area (Å²) in [4.78, 5) is 15.7. The zero-order valence-corrected chi connectivity index (χ0v) is 28.4. The highest BCUT2D eigenvalue weighted by atomic mass is 15.0. The van der Waals surface area contributed by atoms with E-state index in [0.29, 0.717) is 11.8 Å². The lowest BCUT2D eigenvalue weighted by Gasteiger charge is -2.24. The first kappa shape index (κ1) is 29.6. The summed E-state index contributed by atoms with van der Waals surface area (Å²) in [6.07, 6.45) is 14.7. The molecule has 3 heterocycles. The summed E-state index contributed by atoms with van der Waals surface area (Å²) in [6, 6.07) is 39.8. The molecule has 0 bridgehead atoms. The van der Waals surface area contributed by atoms with Crippen LogP contribution in [0.1, 0.15) is 87.7 Å². The van der Waals surface area contributed by atoms with Crippen molar-refractivity contribution in [2.45, 2.75) is 76.0 Å². The fraction of sp³-hybridized carbons (Fsp3) is 0.267. The highest BCUT2D eigenvalue weighted by molar-refractivity contribution is 6.27. The molecule has 5 aromatic carbocycles. The molecule has 2 aliphatic carbocycles. The minimum absolute atomic E-state index is 0.438. The average molecular weight is 652 g/mol. The number of para-hydroxylation sites is 2. The fourth-order valence-corrected chi connectivity index (χ4v) is 8.99. The van der Waals surface area contributed by atoms with E-state index >= 15 is 0 Å². The van der Waals surface area contributed by atoms with Crippen LogP contribution in [0.4, 0.5) is 0 Å². The summed E-state index contributed by atoms with van der Waals surface area (Å²) in [5.74, 6) is 3.75. The van der Waals surface area contributed by atoms with Crippen molar-refractivity contribution in [3.63, 3.8) is 0 Å². The third-order valence-electron chi connectivity index (χ3n) is 11.5. The normalized spacial score (nSPS) is 16.2. The molecule has 2 aliphatic rings. The third kappa shape index (κ3) is 4.93. The zero-order chi connectivity index (χ0) is 33.0. The molecule has 2 saturated carbocycles. The Morgan fingerprint density at radius 3 is 1.92 bits per heavy atom. The van der Waals surface area contributed by atoms with Gasteiger partial charge in [0.25, 0.3) is 0 Å². The highest BCUT2D eigenvalue weighted by Crippen LogP contribution is 2.41. The minimum atomic E-state index is 0.438. The number of fused-ring (bicyclic) bond motifs is 7. The molecule has 0 atom stereocenters. The van der Waals surface area contributed by atoms with E-state index in [4.69, 9.17) is 15.0 Å². The Kier molecular flexibility index (Phi) is 7.25. The molecule has 5 nitrogen and oxygen atoms in total. The van der Waals surface area contributed by atoms with Gasteiger partial charge in [-0.25, -0.2) is 15.0 Å². The first-order valence-corrected chi connectivity index (χ1v) is 18.7. The molecule has 2 fully saturated rings. The van der Waals surface area contributed by atoms with Crippen molar-refractivity contribution < 1.29 is 0 Å². The lowest BCUT2D eigenvalue weighted by atomic mass is 9.87. The van der Waals surface area contributed by atoms with Gasteiger partial charge in [-0.1, -0.05) is 105 Å². The van der Waals surface area contributed by atoms with Crippen LogP contribution in [-0.2, 0) is 0 Å². The molecule has 0 aliphatic heterocycles. The van der Waals surface area contributed by atoms with Crippen LogP contribution in [0.25, 0.3) is 66.2 Å². The van der Waals surface area contributed by atoms with E-state index in [1.165, 1.54) is 113 Å². The van der Waals surface area contributed by atoms with Crippen molar-refractivity contribution in [3.8, 4) is 22.8 Å². The Morgan fingerprint density at radius 1 is 0.500 bits per heavy atom. The lowest BCUT2D eigenvalue weighted by molar-refractivity contribution is 0.409. The third-order valence-corrected chi connectivity index (χ3v) is 11.5. The molecule has 0 radical (unpaired) electrons. The van der Waals surface area contributed by atoms with E-state index in [1.807, 2.05) is 0 Å². The van der Waals surface area contributed by atoms with E-state index in [9.17, 15) is 0 Å². The van der Waals surface area contributed by atoms with E-state index in [-0.39, 0.29) is 0 Å². The molecular formula is C45H41N5. The fourth-order valence-electron chi connectivity index (χ4n) is 8.99. The van der Waals surface area contributed by atoms with Crippen molar-refractivity contribution in [3.05, 3.63) is 127 Å². The molecule has 0 spiro atoms. The molecule has 0 saturated heterocycles. The summed E-state index contributed by atoms with van der Waals surface area (Å²) in [6.45, 7) is 0. The highest BCUT2D eigenvalue weighted by Gasteiger charge is 2.25. The van der Waals surface area contributed by atoms with Crippen molar-refractivity contribution in [1.82, 2.24) is 24.1 Å². The second kappa shape index (κ2) is 12.2. The van der Waals surface area contributed by atoms with Crippen molar-refractivity contribution in [1.29, 1.82) is 0 Å². The predicted molar refractivity (Wildman–Crippen MR) is 206 cm³/mol. The Morgan fingerprint density at radius 2 is 1.16 bits per heavy atom. The molecule has 0 amide bonds. The first-order valence-electron chi connectivity index (χ1n) is 18.7. The largest absolute Gasteiger partial charge is 0.316 e. The SMILES string of the molecule is c1ccc(-n2ccc3ccc4ccc5c(c6ccccc6n5-c5cccc(-c6nc(C7CCCCC7)nc(C7CCCCC7)n6)c5)c4c32)cc1. The maximum atomic E-state index is 5.24. The van der Waals surface area contributed by atoms with E-state index in [1.54, 1.807) is 0 Å². The summed E-state index contributed by atoms with van der Waals surface area (Å²) < 4.78 is 4.78. The molecular weight excluding hydrogens is 611 g/mol. The minimum Gasteiger partial charge on any atom is -0.316 e. The molecule has 10 rings (SSSR count). The molecule has 246 valence electrons. The number of aromatic nitrogens is 5. The lowest BCUT2D eigenvalue weighted by Crippen LogP contribution is -2.16. The van der Waals surface area contributed by atoms with Gasteiger partial charge in [-0.05, 0) is 73.5 Å². The number of rotatable bonds is 5. The van der Waals surface area contributed by atoms with Crippen LogP contribution in [0.3, 0.4) is 0 Å². The van der Waals surface area contributed by atoms with Crippen molar-refractivity contribution >= 4 is 43.5 Å². The Hall–Kier alpha value is -5.29. The number of hydrogen-bond donors (Lipinski definition) is 0. The molecule has 0 unspecified atom stereocenters. The van der Waals surface area contributed by atoms with Gasteiger partial charge >= 0.3 is 0 Å². The van der Waals surface area contributed by atoms with Gasteiger partial charge in [0.15, 0.2) is 5.82 Å². The molecule has 50 heavy (non-hydrogen) atoms. The smallest absolute Gasteiger partial charge is 0.163 e. The van der Waals surface area contributed by atoms with Crippen LogP contribution >= 0.6 is 0 Å². The molecule has 0 N–H and O–H groups in total. The quantitative estimate of drug-likeness (QED) is 0.186. The number of hydrogen-bond acceptors (Lipinski definition) is 3. The summed E-state index contributed by atoms with van der Waals surface area (Å²) in [5.41, 5.74) is 6.99. The van der Waals surface area contributed by atoms with Gasteiger partial charge in [0, 0.05) is 56.5 Å². The van der Waals surface area contributed by atoms with Crippen LogP contribution in [0.2, 0.25) is 0 Å². The average Bonchev–Trinajstić information content (AvgIpc) is 3.79. The topological polar surface area (TPSA) is 48.5 Å². The maximum absolute atomic E-state index is 5.24. The van der Waals surface area contributed by atoms with Crippen LogP contribution in [0, 0.1) is 0 Å². The van der Waals surface area contributed by atoms with Gasteiger partial charge in [-0.3, -0.25) is 0 Å². The Bertz CT molecular complexity index is 2480. The van der Waals surface area contributed by atoms with Gasteiger partial charge in [-0.15, -0.1) is 0 Å².